The third-order valence-corrected chi connectivity index (χ3v) is 5.56. The molecule has 0 radical (unpaired) electrons. The van der Waals surface area contributed by atoms with Gasteiger partial charge in [-0.15, -0.1) is 0 Å². The van der Waals surface area contributed by atoms with Gasteiger partial charge < -0.3 is 15.0 Å². The number of hydrogen-bond acceptors (Lipinski definition) is 4. The summed E-state index contributed by atoms with van der Waals surface area (Å²) in [5, 5.41) is 7.52. The van der Waals surface area contributed by atoms with Crippen molar-refractivity contribution in [1.82, 2.24) is 19.8 Å². The van der Waals surface area contributed by atoms with E-state index in [0.29, 0.717) is 11.6 Å². The number of nitrogens with one attached hydrogen (secondary N) is 1. The molecule has 0 atom stereocenters. The second-order valence-corrected chi connectivity index (χ2v) is 7.17. The third kappa shape index (κ3) is 3.41. The molecule has 6 nitrogen and oxygen atoms in total. The number of likely N-dealkylation sites (tertiary alicyclic amines) is 1. The number of ether oxygens (including phenoxy) is 1. The topological polar surface area (TPSA) is 58.9 Å². The van der Waals surface area contributed by atoms with Crippen molar-refractivity contribution >= 4 is 11.4 Å². The number of aromatic nitrogens is 2. The van der Waals surface area contributed by atoms with Crippen molar-refractivity contribution in [2.45, 2.75) is 44.7 Å². The fourth-order valence-corrected chi connectivity index (χ4v) is 4.10. The first-order valence-corrected chi connectivity index (χ1v) is 9.28. The normalized spacial score (nSPS) is 20.8. The van der Waals surface area contributed by atoms with E-state index >= 15 is 0 Å². The summed E-state index contributed by atoms with van der Waals surface area (Å²) in [6, 6.07) is 4.87. The number of hydrogen-bond donors (Lipinski definition) is 1. The number of carbonyl (C=O) groups is 1. The minimum Gasteiger partial charge on any atom is -0.381 e. The van der Waals surface area contributed by atoms with E-state index in [4.69, 9.17) is 4.74 Å². The van der Waals surface area contributed by atoms with Crippen LogP contribution in [0.1, 0.15) is 41.6 Å². The molecule has 134 valence electrons. The molecule has 6 heteroatoms. The van der Waals surface area contributed by atoms with Gasteiger partial charge in [-0.05, 0) is 44.2 Å². The summed E-state index contributed by atoms with van der Waals surface area (Å²) in [6.07, 6.45) is 7.86. The van der Waals surface area contributed by atoms with Crippen molar-refractivity contribution < 1.29 is 9.53 Å². The molecular weight excluding hydrogens is 316 g/mol. The number of pyridine rings is 1. The van der Waals surface area contributed by atoms with Crippen LogP contribution < -0.4 is 5.32 Å². The van der Waals surface area contributed by atoms with E-state index in [2.05, 4.69) is 15.3 Å². The molecule has 2 aromatic rings. The zero-order valence-corrected chi connectivity index (χ0v) is 14.8. The molecule has 2 aliphatic rings. The Morgan fingerprint density at radius 2 is 2.00 bits per heavy atom. The molecule has 4 heterocycles. The SMILES string of the molecule is Cc1cccn2ncc(C(=O)NC3CCN(C4CCOCC4)CC3)c12. The zero-order valence-electron chi connectivity index (χ0n) is 14.8. The Bertz CT molecular complexity index is 743. The van der Waals surface area contributed by atoms with Crippen LogP contribution in [0.4, 0.5) is 0 Å². The van der Waals surface area contributed by atoms with Gasteiger partial charge in [0.2, 0.25) is 0 Å². The maximum absolute atomic E-state index is 12.7. The average Bonchev–Trinajstić information content (AvgIpc) is 3.09. The minimum atomic E-state index is -0.00573. The van der Waals surface area contributed by atoms with Crippen LogP contribution >= 0.6 is 0 Å². The summed E-state index contributed by atoms with van der Waals surface area (Å²) < 4.78 is 7.23. The van der Waals surface area contributed by atoms with Gasteiger partial charge in [-0.3, -0.25) is 4.79 Å². The number of fused-ring (bicyclic) bond motifs is 1. The molecule has 0 spiro atoms. The molecule has 1 N–H and O–H groups in total. The van der Waals surface area contributed by atoms with E-state index in [1.165, 1.54) is 0 Å². The first-order valence-electron chi connectivity index (χ1n) is 9.28. The van der Waals surface area contributed by atoms with Crippen LogP contribution in [0.5, 0.6) is 0 Å². The minimum absolute atomic E-state index is 0.00573. The molecule has 2 aromatic heterocycles. The van der Waals surface area contributed by atoms with Crippen molar-refractivity contribution in [2.75, 3.05) is 26.3 Å². The van der Waals surface area contributed by atoms with Gasteiger partial charge in [-0.2, -0.15) is 5.10 Å². The van der Waals surface area contributed by atoms with Crippen LogP contribution in [0.2, 0.25) is 0 Å². The van der Waals surface area contributed by atoms with Crippen LogP contribution in [-0.4, -0.2) is 58.8 Å². The number of piperidine rings is 1. The first-order chi connectivity index (χ1) is 12.2. The third-order valence-electron chi connectivity index (χ3n) is 5.56. The number of amides is 1. The second-order valence-electron chi connectivity index (χ2n) is 7.17. The number of aryl methyl sites for hydroxylation is 1. The van der Waals surface area contributed by atoms with Gasteiger partial charge in [0.25, 0.3) is 5.91 Å². The van der Waals surface area contributed by atoms with Gasteiger partial charge in [0, 0.05) is 44.6 Å². The number of rotatable bonds is 3. The largest absolute Gasteiger partial charge is 0.381 e. The molecule has 2 fully saturated rings. The zero-order chi connectivity index (χ0) is 17.2. The molecule has 1 amide bonds. The van der Waals surface area contributed by atoms with E-state index in [0.717, 1.165) is 63.1 Å². The monoisotopic (exact) mass is 342 g/mol. The lowest BCUT2D eigenvalue weighted by Crippen LogP contribution is -2.49. The lowest BCUT2D eigenvalue weighted by Gasteiger charge is -2.39. The Morgan fingerprint density at radius 1 is 1.24 bits per heavy atom. The van der Waals surface area contributed by atoms with Crippen LogP contribution in [-0.2, 0) is 4.74 Å². The van der Waals surface area contributed by atoms with Crippen LogP contribution in [0.15, 0.2) is 24.5 Å². The van der Waals surface area contributed by atoms with E-state index in [9.17, 15) is 4.79 Å². The van der Waals surface area contributed by atoms with Crippen molar-refractivity contribution in [3.05, 3.63) is 35.7 Å². The summed E-state index contributed by atoms with van der Waals surface area (Å²) in [5.74, 6) is -0.00573. The Labute approximate surface area is 148 Å². The quantitative estimate of drug-likeness (QED) is 0.927. The Kier molecular flexibility index (Phi) is 4.72. The predicted octanol–water partition coefficient (Wildman–Crippen LogP) is 2.02. The predicted molar refractivity (Wildman–Crippen MR) is 95.8 cm³/mol. The van der Waals surface area contributed by atoms with Crippen molar-refractivity contribution in [3.8, 4) is 0 Å². The summed E-state index contributed by atoms with van der Waals surface area (Å²) >= 11 is 0. The maximum Gasteiger partial charge on any atom is 0.255 e. The van der Waals surface area contributed by atoms with Crippen LogP contribution in [0.25, 0.3) is 5.52 Å². The maximum atomic E-state index is 12.7. The Balaban J connectivity index is 1.37. The molecule has 4 rings (SSSR count). The lowest BCUT2D eigenvalue weighted by atomic mass is 9.99. The highest BCUT2D eigenvalue weighted by molar-refractivity contribution is 6.01. The second kappa shape index (κ2) is 7.14. The molecule has 0 aromatic carbocycles. The van der Waals surface area contributed by atoms with Crippen molar-refractivity contribution in [1.29, 1.82) is 0 Å². The molecule has 0 bridgehead atoms. The summed E-state index contributed by atoms with van der Waals surface area (Å²) in [4.78, 5) is 15.3. The Morgan fingerprint density at radius 3 is 2.76 bits per heavy atom. The highest BCUT2D eigenvalue weighted by Crippen LogP contribution is 2.21. The number of carbonyl (C=O) groups excluding carboxylic acids is 1. The standard InChI is InChI=1S/C19H26N4O2/c1-14-3-2-8-23-18(14)17(13-20-23)19(24)21-15-4-9-22(10-5-15)16-6-11-25-12-7-16/h2-3,8,13,15-16H,4-7,9-12H2,1H3,(H,21,24). The number of nitrogens with zero attached hydrogens (tertiary/aromatic N) is 3. The van der Waals surface area contributed by atoms with Gasteiger partial charge in [0.1, 0.15) is 0 Å². The summed E-state index contributed by atoms with van der Waals surface area (Å²) in [7, 11) is 0. The fourth-order valence-electron chi connectivity index (χ4n) is 4.10. The highest BCUT2D eigenvalue weighted by atomic mass is 16.5. The summed E-state index contributed by atoms with van der Waals surface area (Å²) in [5.41, 5.74) is 2.64. The molecule has 2 aliphatic heterocycles. The molecule has 0 aliphatic carbocycles. The highest BCUT2D eigenvalue weighted by Gasteiger charge is 2.27. The van der Waals surface area contributed by atoms with Crippen molar-refractivity contribution in [3.63, 3.8) is 0 Å². The van der Waals surface area contributed by atoms with Gasteiger partial charge >= 0.3 is 0 Å². The molecule has 0 unspecified atom stereocenters. The fraction of sp³-hybridized carbons (Fsp3) is 0.579. The van der Waals surface area contributed by atoms with Crippen LogP contribution in [0.3, 0.4) is 0 Å². The molecule has 0 saturated carbocycles. The van der Waals surface area contributed by atoms with E-state index in [1.54, 1.807) is 10.7 Å². The van der Waals surface area contributed by atoms with E-state index < -0.39 is 0 Å². The average molecular weight is 342 g/mol. The Hall–Kier alpha value is -1.92. The van der Waals surface area contributed by atoms with Crippen molar-refractivity contribution in [2.24, 2.45) is 0 Å². The smallest absolute Gasteiger partial charge is 0.255 e. The molecular formula is C19H26N4O2. The van der Waals surface area contributed by atoms with Crippen LogP contribution in [0, 0.1) is 6.92 Å². The van der Waals surface area contributed by atoms with Gasteiger partial charge in [-0.1, -0.05) is 6.07 Å². The molecule has 25 heavy (non-hydrogen) atoms. The van der Waals surface area contributed by atoms with Gasteiger partial charge in [-0.25, -0.2) is 4.52 Å². The first kappa shape index (κ1) is 16.5. The van der Waals surface area contributed by atoms with Gasteiger partial charge in [0.05, 0.1) is 17.3 Å². The van der Waals surface area contributed by atoms with E-state index in [-0.39, 0.29) is 11.9 Å². The molecule has 2 saturated heterocycles. The van der Waals surface area contributed by atoms with E-state index in [1.807, 2.05) is 25.3 Å². The van der Waals surface area contributed by atoms with Gasteiger partial charge in [0.15, 0.2) is 0 Å². The lowest BCUT2D eigenvalue weighted by molar-refractivity contribution is 0.0239. The summed E-state index contributed by atoms with van der Waals surface area (Å²) in [6.45, 7) is 5.90.